The normalized spacial score (nSPS) is 20.8. The van der Waals surface area contributed by atoms with Crippen molar-refractivity contribution in [2.75, 3.05) is 38.0 Å². The first-order valence-electron chi connectivity index (χ1n) is 11.5. The first-order chi connectivity index (χ1) is 15.4. The van der Waals surface area contributed by atoms with E-state index in [0.29, 0.717) is 13.1 Å². The first-order valence-corrected chi connectivity index (χ1v) is 11.5. The van der Waals surface area contributed by atoms with Crippen molar-refractivity contribution in [1.29, 1.82) is 0 Å². The van der Waals surface area contributed by atoms with Crippen LogP contribution in [-0.2, 0) is 16.0 Å². The molecule has 2 saturated heterocycles. The molecule has 1 spiro atoms. The van der Waals surface area contributed by atoms with Crippen molar-refractivity contribution in [3.63, 3.8) is 0 Å². The third-order valence-corrected chi connectivity index (χ3v) is 6.45. The summed E-state index contributed by atoms with van der Waals surface area (Å²) in [6.07, 6.45) is 2.85. The van der Waals surface area contributed by atoms with Crippen LogP contribution < -0.4 is 5.32 Å². The molecule has 1 N–H and O–H groups in total. The SMILES string of the molecule is CC(=O)Nc1cccc(CCN2CCC3(CC2)CN(C(=O)c2ccccc2)CC(C)O3)c1. The van der Waals surface area contributed by atoms with Gasteiger partial charge < -0.3 is 19.9 Å². The Morgan fingerprint density at radius 1 is 1.09 bits per heavy atom. The van der Waals surface area contributed by atoms with Gasteiger partial charge in [0.15, 0.2) is 0 Å². The van der Waals surface area contributed by atoms with Crippen molar-refractivity contribution in [1.82, 2.24) is 9.80 Å². The summed E-state index contributed by atoms with van der Waals surface area (Å²) in [5.41, 5.74) is 2.57. The maximum atomic E-state index is 13.0. The van der Waals surface area contributed by atoms with Gasteiger partial charge in [0.05, 0.1) is 18.2 Å². The lowest BCUT2D eigenvalue weighted by Gasteiger charge is -2.49. The standard InChI is InChI=1S/C26H33N3O3/c1-20-18-29(25(31)23-8-4-3-5-9-23)19-26(32-20)12-15-28(16-13-26)14-11-22-7-6-10-24(17-22)27-21(2)30/h3-10,17,20H,11-16,18-19H2,1-2H3,(H,27,30). The highest BCUT2D eigenvalue weighted by atomic mass is 16.5. The smallest absolute Gasteiger partial charge is 0.254 e. The lowest BCUT2D eigenvalue weighted by Crippen LogP contribution is -2.60. The number of anilines is 1. The van der Waals surface area contributed by atoms with E-state index in [1.807, 2.05) is 53.4 Å². The fourth-order valence-corrected chi connectivity index (χ4v) is 4.90. The summed E-state index contributed by atoms with van der Waals surface area (Å²) in [6.45, 7) is 7.81. The van der Waals surface area contributed by atoms with Crippen LogP contribution in [0.4, 0.5) is 5.69 Å². The van der Waals surface area contributed by atoms with Crippen LogP contribution in [0.3, 0.4) is 0 Å². The summed E-state index contributed by atoms with van der Waals surface area (Å²) in [5, 5.41) is 2.85. The minimum atomic E-state index is -0.246. The summed E-state index contributed by atoms with van der Waals surface area (Å²) in [6, 6.07) is 17.6. The quantitative estimate of drug-likeness (QED) is 0.780. The molecule has 4 rings (SSSR count). The van der Waals surface area contributed by atoms with Gasteiger partial charge in [-0.3, -0.25) is 9.59 Å². The lowest BCUT2D eigenvalue weighted by molar-refractivity contribution is -0.161. The maximum absolute atomic E-state index is 13.0. The second kappa shape index (κ2) is 9.84. The van der Waals surface area contributed by atoms with Gasteiger partial charge in [-0.05, 0) is 56.0 Å². The highest BCUT2D eigenvalue weighted by Crippen LogP contribution is 2.33. The van der Waals surface area contributed by atoms with Crippen LogP contribution >= 0.6 is 0 Å². The van der Waals surface area contributed by atoms with Gasteiger partial charge >= 0.3 is 0 Å². The van der Waals surface area contributed by atoms with Gasteiger partial charge in [-0.2, -0.15) is 0 Å². The van der Waals surface area contributed by atoms with E-state index in [2.05, 4.69) is 23.2 Å². The Hall–Kier alpha value is -2.70. The van der Waals surface area contributed by atoms with Crippen molar-refractivity contribution in [3.05, 3.63) is 65.7 Å². The molecule has 2 aliphatic rings. The molecule has 2 aromatic rings. The molecule has 2 amide bonds. The van der Waals surface area contributed by atoms with Crippen molar-refractivity contribution in [3.8, 4) is 0 Å². The van der Waals surface area contributed by atoms with Gasteiger partial charge in [-0.15, -0.1) is 0 Å². The average molecular weight is 436 g/mol. The lowest BCUT2D eigenvalue weighted by atomic mass is 9.88. The van der Waals surface area contributed by atoms with Crippen LogP contribution in [0.5, 0.6) is 0 Å². The Bertz CT molecular complexity index is 938. The number of piperidine rings is 1. The van der Waals surface area contributed by atoms with E-state index in [1.54, 1.807) is 0 Å². The molecule has 6 nitrogen and oxygen atoms in total. The number of nitrogens with zero attached hydrogens (tertiary/aromatic N) is 2. The number of rotatable bonds is 5. The monoisotopic (exact) mass is 435 g/mol. The number of nitrogens with one attached hydrogen (secondary N) is 1. The van der Waals surface area contributed by atoms with Gasteiger partial charge in [0, 0.05) is 44.4 Å². The van der Waals surface area contributed by atoms with Crippen LogP contribution in [-0.4, -0.2) is 66.0 Å². The van der Waals surface area contributed by atoms with Crippen molar-refractivity contribution in [2.45, 2.75) is 44.8 Å². The van der Waals surface area contributed by atoms with Crippen LogP contribution in [0.15, 0.2) is 54.6 Å². The molecular weight excluding hydrogens is 402 g/mol. The van der Waals surface area contributed by atoms with Gasteiger partial charge in [-0.25, -0.2) is 0 Å². The minimum Gasteiger partial charge on any atom is -0.368 e. The zero-order chi connectivity index (χ0) is 22.6. The molecule has 32 heavy (non-hydrogen) atoms. The molecular formula is C26H33N3O3. The number of morpholine rings is 1. The molecule has 2 aromatic carbocycles. The second-order valence-electron chi connectivity index (χ2n) is 9.14. The fraction of sp³-hybridized carbons (Fsp3) is 0.462. The Balaban J connectivity index is 1.32. The summed E-state index contributed by atoms with van der Waals surface area (Å²) in [5.74, 6) is 0.0478. The second-order valence-corrected chi connectivity index (χ2v) is 9.14. The number of amides is 2. The number of ether oxygens (including phenoxy) is 1. The van der Waals surface area contributed by atoms with E-state index in [1.165, 1.54) is 12.5 Å². The Morgan fingerprint density at radius 2 is 1.84 bits per heavy atom. The molecule has 0 saturated carbocycles. The van der Waals surface area contributed by atoms with Crippen molar-refractivity contribution in [2.24, 2.45) is 0 Å². The fourth-order valence-electron chi connectivity index (χ4n) is 4.90. The third-order valence-electron chi connectivity index (χ3n) is 6.45. The van der Waals surface area contributed by atoms with Crippen molar-refractivity contribution < 1.29 is 14.3 Å². The average Bonchev–Trinajstić information content (AvgIpc) is 2.78. The highest BCUT2D eigenvalue weighted by Gasteiger charge is 2.43. The van der Waals surface area contributed by atoms with Gasteiger partial charge in [-0.1, -0.05) is 30.3 Å². The van der Waals surface area contributed by atoms with Crippen LogP contribution in [0.2, 0.25) is 0 Å². The highest BCUT2D eigenvalue weighted by molar-refractivity contribution is 5.94. The zero-order valence-corrected chi connectivity index (χ0v) is 19.0. The van der Waals surface area contributed by atoms with Crippen molar-refractivity contribution >= 4 is 17.5 Å². The molecule has 0 radical (unpaired) electrons. The number of carbonyl (C=O) groups is 2. The molecule has 0 aliphatic carbocycles. The molecule has 1 atom stereocenters. The third kappa shape index (κ3) is 5.56. The molecule has 2 heterocycles. The van der Waals surface area contributed by atoms with Gasteiger partial charge in [0.2, 0.25) is 5.91 Å². The largest absolute Gasteiger partial charge is 0.368 e. The number of hydrogen-bond acceptors (Lipinski definition) is 4. The van der Waals surface area contributed by atoms with E-state index in [4.69, 9.17) is 4.74 Å². The predicted octanol–water partition coefficient (Wildman–Crippen LogP) is 3.58. The molecule has 170 valence electrons. The topological polar surface area (TPSA) is 61.9 Å². The molecule has 2 fully saturated rings. The Kier molecular flexibility index (Phi) is 6.92. The number of carbonyl (C=O) groups excluding carboxylic acids is 2. The molecule has 0 aromatic heterocycles. The minimum absolute atomic E-state index is 0.0412. The van der Waals surface area contributed by atoms with Gasteiger partial charge in [0.1, 0.15) is 0 Å². The molecule has 1 unspecified atom stereocenters. The predicted molar refractivity (Wildman–Crippen MR) is 126 cm³/mol. The Morgan fingerprint density at radius 3 is 2.56 bits per heavy atom. The van der Waals surface area contributed by atoms with E-state index in [9.17, 15) is 9.59 Å². The zero-order valence-electron chi connectivity index (χ0n) is 19.0. The van der Waals surface area contributed by atoms with E-state index < -0.39 is 0 Å². The first kappa shape index (κ1) is 22.5. The molecule has 2 aliphatic heterocycles. The molecule has 0 bridgehead atoms. The van der Waals surface area contributed by atoms with Crippen LogP contribution in [0, 0.1) is 0 Å². The Labute approximate surface area is 190 Å². The summed E-state index contributed by atoms with van der Waals surface area (Å²) in [4.78, 5) is 28.8. The van der Waals surface area contributed by atoms with E-state index in [0.717, 1.165) is 50.1 Å². The number of likely N-dealkylation sites (tertiary alicyclic amines) is 1. The van der Waals surface area contributed by atoms with E-state index in [-0.39, 0.29) is 23.5 Å². The molecule has 6 heteroatoms. The number of hydrogen-bond donors (Lipinski definition) is 1. The maximum Gasteiger partial charge on any atom is 0.254 e. The summed E-state index contributed by atoms with van der Waals surface area (Å²) < 4.78 is 6.43. The number of benzene rings is 2. The van der Waals surface area contributed by atoms with Gasteiger partial charge in [0.25, 0.3) is 5.91 Å². The van der Waals surface area contributed by atoms with E-state index >= 15 is 0 Å². The summed E-state index contributed by atoms with van der Waals surface area (Å²) in [7, 11) is 0. The summed E-state index contributed by atoms with van der Waals surface area (Å²) >= 11 is 0. The van der Waals surface area contributed by atoms with Crippen LogP contribution in [0.1, 0.15) is 42.6 Å². The van der Waals surface area contributed by atoms with Crippen LogP contribution in [0.25, 0.3) is 0 Å².